The second kappa shape index (κ2) is 7.78. The molecule has 7 nitrogen and oxygen atoms in total. The fraction of sp³-hybridized carbons (Fsp3) is 0.867. The van der Waals surface area contributed by atoms with Gasteiger partial charge in [0.05, 0.1) is 25.4 Å². The van der Waals surface area contributed by atoms with Crippen LogP contribution in [-0.2, 0) is 14.3 Å². The Morgan fingerprint density at radius 2 is 2.18 bits per heavy atom. The van der Waals surface area contributed by atoms with E-state index >= 15 is 0 Å². The first-order valence-electron chi connectivity index (χ1n) is 8.04. The predicted molar refractivity (Wildman–Crippen MR) is 81.6 cm³/mol. The minimum atomic E-state index is -0.418. The van der Waals surface area contributed by atoms with Crippen molar-refractivity contribution in [2.24, 2.45) is 0 Å². The van der Waals surface area contributed by atoms with Gasteiger partial charge in [-0.3, -0.25) is 4.79 Å². The van der Waals surface area contributed by atoms with E-state index in [2.05, 4.69) is 10.6 Å². The van der Waals surface area contributed by atoms with Crippen molar-refractivity contribution in [3.63, 3.8) is 0 Å². The van der Waals surface area contributed by atoms with Gasteiger partial charge in [-0.1, -0.05) is 0 Å². The highest BCUT2D eigenvalue weighted by atomic mass is 16.5. The van der Waals surface area contributed by atoms with Crippen LogP contribution in [0.15, 0.2) is 0 Å². The highest BCUT2D eigenvalue weighted by Gasteiger charge is 2.34. The zero-order valence-electron chi connectivity index (χ0n) is 13.6. The van der Waals surface area contributed by atoms with Crippen molar-refractivity contribution in [1.82, 2.24) is 15.5 Å². The third kappa shape index (κ3) is 4.58. The molecule has 2 aliphatic heterocycles. The van der Waals surface area contributed by atoms with Crippen LogP contribution < -0.4 is 10.6 Å². The minimum Gasteiger partial charge on any atom is -0.379 e. The largest absolute Gasteiger partial charge is 0.379 e. The molecule has 0 radical (unpaired) electrons. The molecule has 2 rings (SSSR count). The molecule has 0 aromatic rings. The van der Waals surface area contributed by atoms with Gasteiger partial charge in [0, 0.05) is 19.2 Å². The Kier molecular flexibility index (Phi) is 6.02. The summed E-state index contributed by atoms with van der Waals surface area (Å²) in [5.74, 6) is -0.00263. The number of urea groups is 1. The summed E-state index contributed by atoms with van der Waals surface area (Å²) < 4.78 is 10.9. The van der Waals surface area contributed by atoms with E-state index in [1.54, 1.807) is 4.90 Å². The predicted octanol–water partition coefficient (Wildman–Crippen LogP) is 0.489. The van der Waals surface area contributed by atoms with E-state index in [4.69, 9.17) is 9.47 Å². The van der Waals surface area contributed by atoms with Crippen molar-refractivity contribution in [2.45, 2.75) is 57.8 Å². The first-order chi connectivity index (χ1) is 10.5. The summed E-state index contributed by atoms with van der Waals surface area (Å²) in [5.41, 5.74) is 0. The lowest BCUT2D eigenvalue weighted by Crippen LogP contribution is -2.50. The van der Waals surface area contributed by atoms with E-state index in [0.29, 0.717) is 26.2 Å². The van der Waals surface area contributed by atoms with Gasteiger partial charge in [-0.25, -0.2) is 4.79 Å². The van der Waals surface area contributed by atoms with Crippen LogP contribution in [0.25, 0.3) is 0 Å². The lowest BCUT2D eigenvalue weighted by atomic mass is 10.2. The molecule has 3 atom stereocenters. The Morgan fingerprint density at radius 3 is 2.77 bits per heavy atom. The van der Waals surface area contributed by atoms with Crippen molar-refractivity contribution in [2.75, 3.05) is 26.4 Å². The number of rotatable bonds is 6. The molecule has 7 heteroatoms. The molecular weight excluding hydrogens is 286 g/mol. The molecule has 0 bridgehead atoms. The van der Waals surface area contributed by atoms with E-state index < -0.39 is 6.04 Å². The maximum atomic E-state index is 12.1. The van der Waals surface area contributed by atoms with Crippen molar-refractivity contribution in [3.8, 4) is 0 Å². The van der Waals surface area contributed by atoms with Crippen LogP contribution in [0.5, 0.6) is 0 Å². The maximum Gasteiger partial charge on any atom is 0.315 e. The van der Waals surface area contributed by atoms with Crippen LogP contribution >= 0.6 is 0 Å². The summed E-state index contributed by atoms with van der Waals surface area (Å²) in [7, 11) is 0. The SMILES string of the molecule is CC(COC1CCOC1)NC(=O)NC1CCN(C(C)C)C1=O. The van der Waals surface area contributed by atoms with Gasteiger partial charge in [0.15, 0.2) is 0 Å². The Balaban J connectivity index is 1.67. The molecule has 3 amide bonds. The number of nitrogens with zero attached hydrogens (tertiary/aromatic N) is 1. The molecule has 0 saturated carbocycles. The monoisotopic (exact) mass is 313 g/mol. The lowest BCUT2D eigenvalue weighted by Gasteiger charge is -2.22. The van der Waals surface area contributed by atoms with Gasteiger partial charge in [-0.15, -0.1) is 0 Å². The molecule has 0 aromatic heterocycles. The summed E-state index contributed by atoms with van der Waals surface area (Å²) in [4.78, 5) is 25.9. The van der Waals surface area contributed by atoms with Crippen LogP contribution in [0, 0.1) is 0 Å². The third-order valence-corrected chi connectivity index (χ3v) is 4.02. The molecule has 2 aliphatic rings. The number of ether oxygens (including phenoxy) is 2. The molecule has 22 heavy (non-hydrogen) atoms. The van der Waals surface area contributed by atoms with Gasteiger partial charge >= 0.3 is 6.03 Å². The molecular formula is C15H27N3O4. The molecule has 0 spiro atoms. The maximum absolute atomic E-state index is 12.1. The Bertz CT molecular complexity index is 396. The van der Waals surface area contributed by atoms with E-state index in [1.165, 1.54) is 0 Å². The van der Waals surface area contributed by atoms with Crippen molar-refractivity contribution < 1.29 is 19.1 Å². The third-order valence-electron chi connectivity index (χ3n) is 4.02. The standard InChI is InChI=1S/C15H27N3O4/c1-10(2)18-6-4-13(14(18)19)17-15(20)16-11(3)8-22-12-5-7-21-9-12/h10-13H,4-9H2,1-3H3,(H2,16,17,20). The molecule has 2 fully saturated rings. The highest BCUT2D eigenvalue weighted by Crippen LogP contribution is 2.14. The van der Waals surface area contributed by atoms with Gasteiger partial charge in [-0.2, -0.15) is 0 Å². The summed E-state index contributed by atoms with van der Waals surface area (Å²) in [6.07, 6.45) is 1.69. The van der Waals surface area contributed by atoms with E-state index in [-0.39, 0.29) is 30.1 Å². The number of carbonyl (C=O) groups excluding carboxylic acids is 2. The molecule has 0 aromatic carbocycles. The highest BCUT2D eigenvalue weighted by molar-refractivity contribution is 5.88. The second-order valence-corrected chi connectivity index (χ2v) is 6.30. The van der Waals surface area contributed by atoms with Crippen LogP contribution in [0.2, 0.25) is 0 Å². The average Bonchev–Trinajstić information content (AvgIpc) is 3.07. The summed E-state index contributed by atoms with van der Waals surface area (Å²) in [6, 6.07) is -0.678. The molecule has 126 valence electrons. The Hall–Kier alpha value is -1.34. The van der Waals surface area contributed by atoms with E-state index in [1.807, 2.05) is 20.8 Å². The van der Waals surface area contributed by atoms with Gasteiger partial charge < -0.3 is 25.0 Å². The normalized spacial score (nSPS) is 26.5. The number of hydrogen-bond acceptors (Lipinski definition) is 4. The van der Waals surface area contributed by atoms with Crippen LogP contribution in [-0.4, -0.2) is 67.4 Å². The van der Waals surface area contributed by atoms with Crippen molar-refractivity contribution >= 4 is 11.9 Å². The van der Waals surface area contributed by atoms with Crippen molar-refractivity contribution in [3.05, 3.63) is 0 Å². The summed E-state index contributed by atoms with van der Waals surface area (Å²) in [6.45, 7) is 8.34. The molecule has 3 unspecified atom stereocenters. The first-order valence-corrected chi connectivity index (χ1v) is 8.04. The van der Waals surface area contributed by atoms with Crippen LogP contribution in [0.1, 0.15) is 33.6 Å². The van der Waals surface area contributed by atoms with Crippen molar-refractivity contribution in [1.29, 1.82) is 0 Å². The number of hydrogen-bond donors (Lipinski definition) is 2. The quantitative estimate of drug-likeness (QED) is 0.748. The first kappa shape index (κ1) is 17.0. The minimum absolute atomic E-state index is 0.00263. The van der Waals surface area contributed by atoms with Crippen LogP contribution in [0.4, 0.5) is 4.79 Å². The molecule has 2 N–H and O–H groups in total. The van der Waals surface area contributed by atoms with E-state index in [0.717, 1.165) is 13.0 Å². The van der Waals surface area contributed by atoms with Gasteiger partial charge in [0.2, 0.25) is 5.91 Å². The fourth-order valence-electron chi connectivity index (χ4n) is 2.74. The summed E-state index contributed by atoms with van der Waals surface area (Å²) in [5, 5.41) is 5.56. The zero-order valence-corrected chi connectivity index (χ0v) is 13.6. The number of amides is 3. The fourth-order valence-corrected chi connectivity index (χ4v) is 2.74. The van der Waals surface area contributed by atoms with Gasteiger partial charge in [0.25, 0.3) is 0 Å². The van der Waals surface area contributed by atoms with E-state index in [9.17, 15) is 9.59 Å². The number of likely N-dealkylation sites (tertiary alicyclic amines) is 1. The average molecular weight is 313 g/mol. The topological polar surface area (TPSA) is 79.9 Å². The second-order valence-electron chi connectivity index (χ2n) is 6.30. The lowest BCUT2D eigenvalue weighted by molar-refractivity contribution is -0.130. The van der Waals surface area contributed by atoms with Crippen LogP contribution in [0.3, 0.4) is 0 Å². The molecule has 0 aliphatic carbocycles. The number of carbonyl (C=O) groups is 2. The smallest absolute Gasteiger partial charge is 0.315 e. The Morgan fingerprint density at radius 1 is 1.41 bits per heavy atom. The zero-order chi connectivity index (χ0) is 16.1. The number of nitrogens with one attached hydrogen (secondary N) is 2. The Labute approximate surface area is 131 Å². The summed E-state index contributed by atoms with van der Waals surface area (Å²) >= 11 is 0. The molecule has 2 heterocycles. The van der Waals surface area contributed by atoms with Gasteiger partial charge in [0.1, 0.15) is 6.04 Å². The van der Waals surface area contributed by atoms with Gasteiger partial charge in [-0.05, 0) is 33.6 Å². The molecule has 2 saturated heterocycles.